The quantitative estimate of drug-likeness (QED) is 0.779. The first-order valence-electron chi connectivity index (χ1n) is 6.19. The average Bonchev–Trinajstić information content (AvgIpc) is 2.29. The summed E-state index contributed by atoms with van der Waals surface area (Å²) in [5.41, 5.74) is 9.10. The average molecular weight is 227 g/mol. The Labute approximate surface area is 104 Å². The van der Waals surface area contributed by atoms with Crippen LogP contribution in [-0.2, 0) is 0 Å². The fraction of sp³-hybridized carbons (Fsp3) is 0.375. The van der Waals surface area contributed by atoms with E-state index in [9.17, 15) is 0 Å². The lowest BCUT2D eigenvalue weighted by molar-refractivity contribution is 0.275. The van der Waals surface area contributed by atoms with Crippen LogP contribution in [0.2, 0.25) is 0 Å². The molecule has 1 heteroatoms. The third kappa shape index (κ3) is 2.50. The molecule has 2 atom stereocenters. The molecular weight excluding hydrogens is 206 g/mol. The van der Waals surface area contributed by atoms with Crippen molar-refractivity contribution in [2.75, 3.05) is 0 Å². The van der Waals surface area contributed by atoms with Crippen LogP contribution in [0, 0.1) is 11.3 Å². The molecular formula is C16H21N. The number of allylic oxidation sites excluding steroid dienone is 2. The summed E-state index contributed by atoms with van der Waals surface area (Å²) in [6.07, 6.45) is 6.51. The predicted molar refractivity (Wildman–Crippen MR) is 74.5 cm³/mol. The molecule has 1 aromatic carbocycles. The molecule has 0 spiro atoms. The summed E-state index contributed by atoms with van der Waals surface area (Å²) in [7, 11) is 0. The van der Waals surface area contributed by atoms with Gasteiger partial charge in [0, 0.05) is 12.0 Å². The molecule has 0 fully saturated rings. The number of rotatable bonds is 1. The molecule has 17 heavy (non-hydrogen) atoms. The standard InChI is InChI=1S/C16H21N/c1-16(2,3)14-11-7-10-13(15(14)17)12-8-5-4-6-9-12/h4-11,14-15H,17H2,1-3H3/t14-,15?/m1/s1. The molecule has 0 aromatic heterocycles. The SMILES string of the molecule is CC(C)(C)[C@@H]1C=CC=C(c2ccccc2)C1N. The molecule has 1 nitrogen and oxygen atoms in total. The van der Waals surface area contributed by atoms with Crippen LogP contribution >= 0.6 is 0 Å². The molecule has 0 aliphatic heterocycles. The van der Waals surface area contributed by atoms with E-state index in [2.05, 4.69) is 63.3 Å². The van der Waals surface area contributed by atoms with Crippen LogP contribution < -0.4 is 5.73 Å². The van der Waals surface area contributed by atoms with E-state index in [1.54, 1.807) is 0 Å². The van der Waals surface area contributed by atoms with Gasteiger partial charge in [-0.2, -0.15) is 0 Å². The number of hydrogen-bond donors (Lipinski definition) is 1. The number of hydrogen-bond acceptors (Lipinski definition) is 1. The van der Waals surface area contributed by atoms with Crippen LogP contribution in [-0.4, -0.2) is 6.04 Å². The molecule has 0 saturated heterocycles. The summed E-state index contributed by atoms with van der Waals surface area (Å²) >= 11 is 0. The fourth-order valence-corrected chi connectivity index (χ4v) is 2.45. The van der Waals surface area contributed by atoms with Crippen LogP contribution in [0.1, 0.15) is 26.3 Å². The summed E-state index contributed by atoms with van der Waals surface area (Å²) in [4.78, 5) is 0. The summed E-state index contributed by atoms with van der Waals surface area (Å²) in [5.74, 6) is 0.391. The Bertz CT molecular complexity index is 434. The maximum atomic E-state index is 6.42. The molecule has 1 aliphatic rings. The molecule has 0 radical (unpaired) electrons. The largest absolute Gasteiger partial charge is 0.323 e. The lowest BCUT2D eigenvalue weighted by atomic mass is 9.71. The summed E-state index contributed by atoms with van der Waals surface area (Å²) in [6.45, 7) is 6.74. The molecule has 0 heterocycles. The molecule has 2 N–H and O–H groups in total. The molecule has 90 valence electrons. The van der Waals surface area contributed by atoms with Crippen molar-refractivity contribution in [3.8, 4) is 0 Å². The van der Waals surface area contributed by atoms with Gasteiger partial charge in [0.15, 0.2) is 0 Å². The second kappa shape index (κ2) is 4.50. The van der Waals surface area contributed by atoms with Crippen LogP contribution in [0.15, 0.2) is 48.6 Å². The van der Waals surface area contributed by atoms with E-state index in [-0.39, 0.29) is 11.5 Å². The van der Waals surface area contributed by atoms with Gasteiger partial charge in [0.25, 0.3) is 0 Å². The Balaban J connectivity index is 2.32. The Kier molecular flexibility index (Phi) is 3.21. The van der Waals surface area contributed by atoms with Crippen LogP contribution in [0.5, 0.6) is 0 Å². The van der Waals surface area contributed by atoms with E-state index in [4.69, 9.17) is 5.73 Å². The van der Waals surface area contributed by atoms with Gasteiger partial charge < -0.3 is 5.73 Å². The van der Waals surface area contributed by atoms with Crippen molar-refractivity contribution < 1.29 is 0 Å². The lowest BCUT2D eigenvalue weighted by Crippen LogP contribution is -2.39. The van der Waals surface area contributed by atoms with Gasteiger partial charge >= 0.3 is 0 Å². The normalized spacial score (nSPS) is 24.6. The second-order valence-corrected chi connectivity index (χ2v) is 5.79. The third-order valence-electron chi connectivity index (χ3n) is 3.45. The molecule has 1 aliphatic carbocycles. The van der Waals surface area contributed by atoms with Gasteiger partial charge in [-0.3, -0.25) is 0 Å². The Morgan fingerprint density at radius 1 is 1.06 bits per heavy atom. The molecule has 0 amide bonds. The van der Waals surface area contributed by atoms with Crippen LogP contribution in [0.4, 0.5) is 0 Å². The fourth-order valence-electron chi connectivity index (χ4n) is 2.45. The van der Waals surface area contributed by atoms with Gasteiger partial charge in [-0.1, -0.05) is 69.3 Å². The first kappa shape index (κ1) is 12.1. The van der Waals surface area contributed by atoms with Crippen molar-refractivity contribution in [1.29, 1.82) is 0 Å². The van der Waals surface area contributed by atoms with E-state index < -0.39 is 0 Å². The van der Waals surface area contributed by atoms with Crippen molar-refractivity contribution in [1.82, 2.24) is 0 Å². The van der Waals surface area contributed by atoms with Crippen LogP contribution in [0.3, 0.4) is 0 Å². The molecule has 0 bridgehead atoms. The number of benzene rings is 1. The monoisotopic (exact) mass is 227 g/mol. The van der Waals surface area contributed by atoms with Crippen molar-refractivity contribution in [2.24, 2.45) is 17.1 Å². The Morgan fingerprint density at radius 2 is 1.71 bits per heavy atom. The van der Waals surface area contributed by atoms with E-state index in [1.165, 1.54) is 11.1 Å². The lowest BCUT2D eigenvalue weighted by Gasteiger charge is -2.36. The zero-order valence-electron chi connectivity index (χ0n) is 10.9. The van der Waals surface area contributed by atoms with Crippen LogP contribution in [0.25, 0.3) is 5.57 Å². The summed E-state index contributed by atoms with van der Waals surface area (Å²) in [5, 5.41) is 0. The highest BCUT2D eigenvalue weighted by Gasteiger charge is 2.31. The highest BCUT2D eigenvalue weighted by molar-refractivity contribution is 5.72. The van der Waals surface area contributed by atoms with E-state index >= 15 is 0 Å². The van der Waals surface area contributed by atoms with E-state index in [0.29, 0.717) is 5.92 Å². The minimum atomic E-state index is 0.0856. The Morgan fingerprint density at radius 3 is 2.29 bits per heavy atom. The first-order valence-corrected chi connectivity index (χ1v) is 6.19. The molecule has 2 rings (SSSR count). The van der Waals surface area contributed by atoms with Gasteiger partial charge in [0.05, 0.1) is 0 Å². The zero-order valence-corrected chi connectivity index (χ0v) is 10.9. The van der Waals surface area contributed by atoms with Gasteiger partial charge in [-0.05, 0) is 16.6 Å². The minimum Gasteiger partial charge on any atom is -0.323 e. The second-order valence-electron chi connectivity index (χ2n) is 5.79. The highest BCUT2D eigenvalue weighted by atomic mass is 14.7. The smallest absolute Gasteiger partial charge is 0.0369 e. The topological polar surface area (TPSA) is 26.0 Å². The molecule has 0 saturated carbocycles. The molecule has 1 unspecified atom stereocenters. The van der Waals surface area contributed by atoms with Gasteiger partial charge in [0.2, 0.25) is 0 Å². The van der Waals surface area contributed by atoms with Crippen molar-refractivity contribution >= 4 is 5.57 Å². The van der Waals surface area contributed by atoms with Gasteiger partial charge in [-0.25, -0.2) is 0 Å². The maximum Gasteiger partial charge on any atom is 0.0369 e. The van der Waals surface area contributed by atoms with Crippen molar-refractivity contribution in [3.05, 3.63) is 54.1 Å². The van der Waals surface area contributed by atoms with Gasteiger partial charge in [0.1, 0.15) is 0 Å². The van der Waals surface area contributed by atoms with Gasteiger partial charge in [-0.15, -0.1) is 0 Å². The zero-order chi connectivity index (χ0) is 12.5. The van der Waals surface area contributed by atoms with Crippen molar-refractivity contribution in [3.63, 3.8) is 0 Å². The van der Waals surface area contributed by atoms with E-state index in [1.807, 2.05) is 6.07 Å². The summed E-state index contributed by atoms with van der Waals surface area (Å²) in [6, 6.07) is 10.5. The van der Waals surface area contributed by atoms with Crippen molar-refractivity contribution in [2.45, 2.75) is 26.8 Å². The Hall–Kier alpha value is -1.34. The highest BCUT2D eigenvalue weighted by Crippen LogP contribution is 2.36. The molecule has 1 aromatic rings. The number of nitrogens with two attached hydrogens (primary N) is 1. The maximum absolute atomic E-state index is 6.42. The summed E-state index contributed by atoms with van der Waals surface area (Å²) < 4.78 is 0. The van der Waals surface area contributed by atoms with E-state index in [0.717, 1.165) is 0 Å². The third-order valence-corrected chi connectivity index (χ3v) is 3.45. The minimum absolute atomic E-state index is 0.0856. The predicted octanol–water partition coefficient (Wildman–Crippen LogP) is 3.63. The first-order chi connectivity index (χ1) is 8.00.